The van der Waals surface area contributed by atoms with E-state index in [0.29, 0.717) is 19.4 Å². The van der Waals surface area contributed by atoms with Crippen LogP contribution in [0.2, 0.25) is 0 Å². The van der Waals surface area contributed by atoms with Gasteiger partial charge in [0.2, 0.25) is 0 Å². The Labute approximate surface area is 111 Å². The van der Waals surface area contributed by atoms with Crippen LogP contribution in [0.5, 0.6) is 0 Å². The van der Waals surface area contributed by atoms with E-state index >= 15 is 0 Å². The van der Waals surface area contributed by atoms with E-state index in [1.807, 2.05) is 13.0 Å². The van der Waals surface area contributed by atoms with Gasteiger partial charge in [-0.1, -0.05) is 12.1 Å². The lowest BCUT2D eigenvalue weighted by molar-refractivity contribution is -0.384. The topological polar surface area (TPSA) is 81.5 Å². The molecule has 19 heavy (non-hydrogen) atoms. The summed E-state index contributed by atoms with van der Waals surface area (Å²) < 4.78 is 4.54. The van der Waals surface area contributed by atoms with Gasteiger partial charge in [-0.3, -0.25) is 14.9 Å². The highest BCUT2D eigenvalue weighted by Crippen LogP contribution is 2.18. The normalized spacial score (nSPS) is 11.9. The Morgan fingerprint density at radius 3 is 2.89 bits per heavy atom. The molecule has 0 aliphatic carbocycles. The zero-order chi connectivity index (χ0) is 14.3. The number of non-ortho nitro benzene ring substituents is 1. The van der Waals surface area contributed by atoms with Crippen LogP contribution in [0.15, 0.2) is 24.3 Å². The van der Waals surface area contributed by atoms with E-state index in [9.17, 15) is 14.9 Å². The summed E-state index contributed by atoms with van der Waals surface area (Å²) in [6.45, 7) is 2.58. The number of hydrogen-bond donors (Lipinski definition) is 1. The number of nitrogens with one attached hydrogen (secondary N) is 1. The first-order valence-electron chi connectivity index (χ1n) is 6.09. The Balaban J connectivity index is 2.45. The number of nitro groups is 1. The summed E-state index contributed by atoms with van der Waals surface area (Å²) in [6.07, 6.45) is 1.04. The number of nitrogens with zero attached hydrogens (tertiary/aromatic N) is 1. The molecule has 0 aliphatic rings. The van der Waals surface area contributed by atoms with Crippen molar-refractivity contribution in [3.63, 3.8) is 0 Å². The van der Waals surface area contributed by atoms with Crippen molar-refractivity contribution in [3.8, 4) is 0 Å². The fraction of sp³-hybridized carbons (Fsp3) is 0.462. The van der Waals surface area contributed by atoms with Gasteiger partial charge in [0.05, 0.1) is 12.0 Å². The standard InChI is InChI=1S/C13H18N2O4/c1-10(14-8-4-7-13(16)19-2)11-5-3-6-12(9-11)15(17)18/h3,5-6,9-10,14H,4,7-8H2,1-2H3. The van der Waals surface area contributed by atoms with Crippen molar-refractivity contribution in [3.05, 3.63) is 39.9 Å². The number of methoxy groups -OCH3 is 1. The molecule has 1 N–H and O–H groups in total. The first kappa shape index (κ1) is 15.1. The molecule has 0 saturated carbocycles. The monoisotopic (exact) mass is 266 g/mol. The quantitative estimate of drug-likeness (QED) is 0.354. The van der Waals surface area contributed by atoms with E-state index < -0.39 is 4.92 Å². The zero-order valence-electron chi connectivity index (χ0n) is 11.1. The highest BCUT2D eigenvalue weighted by Gasteiger charge is 2.10. The number of carbonyl (C=O) groups excluding carboxylic acids is 1. The van der Waals surface area contributed by atoms with E-state index in [4.69, 9.17) is 0 Å². The predicted octanol–water partition coefficient (Wildman–Crippen LogP) is 2.20. The largest absolute Gasteiger partial charge is 0.469 e. The maximum Gasteiger partial charge on any atom is 0.305 e. The van der Waals surface area contributed by atoms with Crippen LogP contribution in [0.4, 0.5) is 5.69 Å². The molecule has 0 radical (unpaired) electrons. The van der Waals surface area contributed by atoms with Crippen LogP contribution in [-0.2, 0) is 9.53 Å². The predicted molar refractivity (Wildman–Crippen MR) is 70.8 cm³/mol. The second kappa shape index (κ2) is 7.48. The average molecular weight is 266 g/mol. The summed E-state index contributed by atoms with van der Waals surface area (Å²) in [5, 5.41) is 13.9. The van der Waals surface area contributed by atoms with Gasteiger partial charge >= 0.3 is 5.97 Å². The highest BCUT2D eigenvalue weighted by atomic mass is 16.6. The van der Waals surface area contributed by atoms with Gasteiger partial charge in [0, 0.05) is 24.6 Å². The Bertz CT molecular complexity index is 448. The molecule has 104 valence electrons. The third-order valence-electron chi connectivity index (χ3n) is 2.82. The molecule has 0 heterocycles. The summed E-state index contributed by atoms with van der Waals surface area (Å²) in [4.78, 5) is 21.2. The lowest BCUT2D eigenvalue weighted by atomic mass is 10.1. The average Bonchev–Trinajstić information content (AvgIpc) is 2.43. The third kappa shape index (κ3) is 5.05. The van der Waals surface area contributed by atoms with Crippen molar-refractivity contribution in [2.75, 3.05) is 13.7 Å². The Morgan fingerprint density at radius 1 is 1.53 bits per heavy atom. The third-order valence-corrected chi connectivity index (χ3v) is 2.82. The lowest BCUT2D eigenvalue weighted by Gasteiger charge is -2.13. The van der Waals surface area contributed by atoms with Crippen LogP contribution >= 0.6 is 0 Å². The van der Waals surface area contributed by atoms with E-state index in [1.54, 1.807) is 12.1 Å². The van der Waals surface area contributed by atoms with Crippen LogP contribution < -0.4 is 5.32 Å². The van der Waals surface area contributed by atoms with Gasteiger partial charge in [0.15, 0.2) is 0 Å². The van der Waals surface area contributed by atoms with E-state index in [2.05, 4.69) is 10.1 Å². The summed E-state index contributed by atoms with van der Waals surface area (Å²) in [5.74, 6) is -0.232. The molecular formula is C13H18N2O4. The van der Waals surface area contributed by atoms with Crippen molar-refractivity contribution in [1.29, 1.82) is 0 Å². The van der Waals surface area contributed by atoms with E-state index in [-0.39, 0.29) is 17.7 Å². The Hall–Kier alpha value is -1.95. The molecule has 0 fully saturated rings. The van der Waals surface area contributed by atoms with Crippen molar-refractivity contribution in [1.82, 2.24) is 5.32 Å². The minimum atomic E-state index is -0.409. The van der Waals surface area contributed by atoms with Crippen LogP contribution in [0.1, 0.15) is 31.4 Å². The van der Waals surface area contributed by atoms with E-state index in [1.165, 1.54) is 13.2 Å². The molecule has 1 atom stereocenters. The van der Waals surface area contributed by atoms with E-state index in [0.717, 1.165) is 5.56 Å². The number of carbonyl (C=O) groups is 1. The number of benzene rings is 1. The van der Waals surface area contributed by atoms with Gasteiger partial charge in [0.25, 0.3) is 5.69 Å². The van der Waals surface area contributed by atoms with Gasteiger partial charge < -0.3 is 10.1 Å². The molecule has 0 amide bonds. The molecule has 6 heteroatoms. The summed E-state index contributed by atoms with van der Waals surface area (Å²) in [7, 11) is 1.36. The molecule has 0 aliphatic heterocycles. The van der Waals surface area contributed by atoms with Crippen molar-refractivity contribution in [2.45, 2.75) is 25.8 Å². The van der Waals surface area contributed by atoms with Gasteiger partial charge in [-0.2, -0.15) is 0 Å². The Kier molecular flexibility index (Phi) is 5.95. The number of nitro benzene ring substituents is 1. The first-order valence-corrected chi connectivity index (χ1v) is 6.09. The smallest absolute Gasteiger partial charge is 0.305 e. The van der Waals surface area contributed by atoms with Crippen molar-refractivity contribution >= 4 is 11.7 Å². The number of ether oxygens (including phenoxy) is 1. The molecule has 0 aromatic heterocycles. The molecule has 0 saturated heterocycles. The van der Waals surface area contributed by atoms with Gasteiger partial charge in [-0.25, -0.2) is 0 Å². The molecule has 1 aromatic rings. The molecule has 1 aromatic carbocycles. The number of hydrogen-bond acceptors (Lipinski definition) is 5. The second-order valence-electron chi connectivity index (χ2n) is 4.21. The Morgan fingerprint density at radius 2 is 2.26 bits per heavy atom. The van der Waals surface area contributed by atoms with Crippen LogP contribution in [0, 0.1) is 10.1 Å². The SMILES string of the molecule is COC(=O)CCCNC(C)c1cccc([N+](=O)[O-])c1. The maximum absolute atomic E-state index is 10.9. The molecule has 1 unspecified atom stereocenters. The van der Waals surface area contributed by atoms with Crippen LogP contribution in [0.25, 0.3) is 0 Å². The molecule has 0 bridgehead atoms. The van der Waals surface area contributed by atoms with Crippen molar-refractivity contribution < 1.29 is 14.5 Å². The fourth-order valence-corrected chi connectivity index (χ4v) is 1.68. The van der Waals surface area contributed by atoms with Crippen LogP contribution in [0.3, 0.4) is 0 Å². The minimum absolute atomic E-state index is 0.00227. The second-order valence-corrected chi connectivity index (χ2v) is 4.21. The molecule has 0 spiro atoms. The molecule has 6 nitrogen and oxygen atoms in total. The molecule has 1 rings (SSSR count). The molecular weight excluding hydrogens is 248 g/mol. The van der Waals surface area contributed by atoms with Gasteiger partial charge in [0.1, 0.15) is 0 Å². The summed E-state index contributed by atoms with van der Waals surface area (Å²) >= 11 is 0. The highest BCUT2D eigenvalue weighted by molar-refractivity contribution is 5.69. The van der Waals surface area contributed by atoms with Crippen LogP contribution in [-0.4, -0.2) is 24.5 Å². The van der Waals surface area contributed by atoms with Gasteiger partial charge in [-0.15, -0.1) is 0 Å². The number of rotatable bonds is 7. The fourth-order valence-electron chi connectivity index (χ4n) is 1.68. The zero-order valence-corrected chi connectivity index (χ0v) is 11.1. The van der Waals surface area contributed by atoms with Gasteiger partial charge in [-0.05, 0) is 25.5 Å². The van der Waals surface area contributed by atoms with Crippen molar-refractivity contribution in [2.24, 2.45) is 0 Å². The minimum Gasteiger partial charge on any atom is -0.469 e. The lowest BCUT2D eigenvalue weighted by Crippen LogP contribution is -2.20. The summed E-state index contributed by atoms with van der Waals surface area (Å²) in [5.41, 5.74) is 0.938. The number of esters is 1. The summed E-state index contributed by atoms with van der Waals surface area (Å²) in [6, 6.07) is 6.52. The maximum atomic E-state index is 10.9. The first-order chi connectivity index (χ1) is 9.04.